The number of methoxy groups -OCH3 is 1. The highest BCUT2D eigenvalue weighted by Gasteiger charge is 2.14. The van der Waals surface area contributed by atoms with Gasteiger partial charge in [-0.1, -0.05) is 12.1 Å². The van der Waals surface area contributed by atoms with Gasteiger partial charge in [0.1, 0.15) is 24.2 Å². The largest absolute Gasteiger partial charge is 0.508 e. The fourth-order valence-electron chi connectivity index (χ4n) is 3.13. The van der Waals surface area contributed by atoms with E-state index in [2.05, 4.69) is 20.1 Å². The third-order valence-corrected chi connectivity index (χ3v) is 6.45. The number of phenolic OH excluding ortho intramolecular Hbond substituents is 1. The van der Waals surface area contributed by atoms with Crippen molar-refractivity contribution in [1.82, 2.24) is 5.32 Å². The van der Waals surface area contributed by atoms with Gasteiger partial charge in [-0.05, 0) is 79.2 Å². The zero-order valence-corrected chi connectivity index (χ0v) is 20.5. The number of aliphatic hydroxyl groups is 1. The molecular weight excluding hydrogens is 486 g/mol. The Balaban J connectivity index is 1.41. The second kappa shape index (κ2) is 12.8. The zero-order chi connectivity index (χ0) is 26.0. The number of hydrogen-bond acceptors (Lipinski definition) is 8. The summed E-state index contributed by atoms with van der Waals surface area (Å²) in [4.78, 5) is 11.3. The summed E-state index contributed by atoms with van der Waals surface area (Å²) in [6, 6.07) is 19.0. The summed E-state index contributed by atoms with van der Waals surface area (Å²) in [5, 5.41) is 24.9. The summed E-state index contributed by atoms with van der Waals surface area (Å²) in [6.45, 7) is 1.09. The number of sulfonamides is 1. The molecule has 3 rings (SSSR count). The van der Waals surface area contributed by atoms with Gasteiger partial charge in [-0.15, -0.1) is 0 Å². The maximum absolute atomic E-state index is 12.6. The Kier molecular flexibility index (Phi) is 9.51. The van der Waals surface area contributed by atoms with Gasteiger partial charge in [0.2, 0.25) is 0 Å². The Bertz CT molecular complexity index is 1220. The Labute approximate surface area is 209 Å². The van der Waals surface area contributed by atoms with Crippen LogP contribution in [-0.2, 0) is 21.2 Å². The summed E-state index contributed by atoms with van der Waals surface area (Å²) in [7, 11) is -2.55. The van der Waals surface area contributed by atoms with Crippen molar-refractivity contribution in [1.29, 1.82) is 0 Å². The first kappa shape index (κ1) is 26.8. The predicted molar refractivity (Wildman–Crippen MR) is 136 cm³/mol. The number of amides is 1. The lowest BCUT2D eigenvalue weighted by Crippen LogP contribution is -2.32. The molecule has 192 valence electrons. The molecule has 11 heteroatoms. The molecule has 5 N–H and O–H groups in total. The number of aliphatic hydroxyl groups excluding tert-OH is 1. The van der Waals surface area contributed by atoms with Crippen LogP contribution >= 0.6 is 0 Å². The highest BCUT2D eigenvalue weighted by Crippen LogP contribution is 2.19. The van der Waals surface area contributed by atoms with Crippen molar-refractivity contribution in [2.75, 3.05) is 36.8 Å². The molecule has 0 saturated heterocycles. The second-order valence-corrected chi connectivity index (χ2v) is 9.54. The molecule has 0 radical (unpaired) electrons. The minimum absolute atomic E-state index is 0.0548. The number of hydrogen-bond donors (Lipinski definition) is 5. The smallest absolute Gasteiger partial charge is 0.411 e. The van der Waals surface area contributed by atoms with Crippen LogP contribution in [0.15, 0.2) is 77.7 Å². The van der Waals surface area contributed by atoms with Gasteiger partial charge in [-0.3, -0.25) is 10.0 Å². The number of benzene rings is 3. The molecule has 1 atom stereocenters. The van der Waals surface area contributed by atoms with Crippen LogP contribution in [0, 0.1) is 0 Å². The number of anilines is 2. The Morgan fingerprint density at radius 3 is 2.22 bits per heavy atom. The Morgan fingerprint density at radius 1 is 0.944 bits per heavy atom. The minimum Gasteiger partial charge on any atom is -0.508 e. The third kappa shape index (κ3) is 8.45. The van der Waals surface area contributed by atoms with Crippen molar-refractivity contribution in [3.8, 4) is 11.5 Å². The summed E-state index contributed by atoms with van der Waals surface area (Å²) in [5.41, 5.74) is 1.83. The summed E-state index contributed by atoms with van der Waals surface area (Å²) in [6.07, 6.45) is -0.650. The molecule has 10 nitrogen and oxygen atoms in total. The highest BCUT2D eigenvalue weighted by molar-refractivity contribution is 7.92. The number of phenols is 1. The van der Waals surface area contributed by atoms with Crippen molar-refractivity contribution in [3.63, 3.8) is 0 Å². The third-order valence-electron chi connectivity index (χ3n) is 5.05. The number of ether oxygens (including phenoxy) is 2. The van der Waals surface area contributed by atoms with Gasteiger partial charge in [0, 0.05) is 17.9 Å². The standard InChI is InChI=1S/C25H29N3O7S/c1-34-25(31)27-19-6-12-24(13-7-19)36(32,33)28-20-4-2-18(3-5-20)14-15-26-16-22(30)17-35-23-10-8-21(29)9-11-23/h2-13,22,26,28-30H,14-17H2,1H3,(H,27,31)/t22-/m0/s1. The fraction of sp³-hybridized carbons (Fsp3) is 0.240. The van der Waals surface area contributed by atoms with Crippen LogP contribution < -0.4 is 20.1 Å². The van der Waals surface area contributed by atoms with Gasteiger partial charge >= 0.3 is 6.09 Å². The first-order valence-electron chi connectivity index (χ1n) is 11.1. The fourth-order valence-corrected chi connectivity index (χ4v) is 4.19. The first-order valence-corrected chi connectivity index (χ1v) is 12.6. The van der Waals surface area contributed by atoms with Gasteiger partial charge in [-0.25, -0.2) is 13.2 Å². The quantitative estimate of drug-likeness (QED) is 0.232. The van der Waals surface area contributed by atoms with Crippen molar-refractivity contribution in [2.24, 2.45) is 0 Å². The number of aromatic hydroxyl groups is 1. The first-order chi connectivity index (χ1) is 17.2. The van der Waals surface area contributed by atoms with E-state index in [-0.39, 0.29) is 17.3 Å². The van der Waals surface area contributed by atoms with Crippen LogP contribution in [0.1, 0.15) is 5.56 Å². The molecule has 36 heavy (non-hydrogen) atoms. The van der Waals surface area contributed by atoms with Crippen LogP contribution in [0.5, 0.6) is 11.5 Å². The topological polar surface area (TPSA) is 146 Å². The van der Waals surface area contributed by atoms with E-state index >= 15 is 0 Å². The van der Waals surface area contributed by atoms with E-state index in [9.17, 15) is 23.4 Å². The normalized spacial score (nSPS) is 11.9. The lowest BCUT2D eigenvalue weighted by atomic mass is 10.1. The molecule has 0 aliphatic rings. The molecule has 0 saturated carbocycles. The predicted octanol–water partition coefficient (Wildman–Crippen LogP) is 2.94. The van der Waals surface area contributed by atoms with E-state index in [4.69, 9.17) is 4.74 Å². The van der Waals surface area contributed by atoms with Crippen molar-refractivity contribution in [2.45, 2.75) is 17.4 Å². The molecule has 0 aliphatic heterocycles. The van der Waals surface area contributed by atoms with Crippen LogP contribution in [0.2, 0.25) is 0 Å². The highest BCUT2D eigenvalue weighted by atomic mass is 32.2. The van der Waals surface area contributed by atoms with Crippen LogP contribution in [-0.4, -0.2) is 57.6 Å². The van der Waals surface area contributed by atoms with Gasteiger partial charge in [0.05, 0.1) is 12.0 Å². The maximum Gasteiger partial charge on any atom is 0.411 e. The van der Waals surface area contributed by atoms with Crippen LogP contribution in [0.4, 0.5) is 16.2 Å². The Hall–Kier alpha value is -3.80. The van der Waals surface area contributed by atoms with Crippen LogP contribution in [0.3, 0.4) is 0 Å². The molecule has 0 aromatic heterocycles. The summed E-state index contributed by atoms with van der Waals surface area (Å²) in [5.74, 6) is 0.714. The van der Waals surface area contributed by atoms with E-state index in [1.807, 2.05) is 12.1 Å². The number of carbonyl (C=O) groups is 1. The molecule has 0 fully saturated rings. The summed E-state index contributed by atoms with van der Waals surface area (Å²) < 4.78 is 37.8. The average Bonchev–Trinajstić information content (AvgIpc) is 2.87. The molecule has 0 bridgehead atoms. The van der Waals surface area contributed by atoms with E-state index < -0.39 is 22.2 Å². The van der Waals surface area contributed by atoms with E-state index in [0.717, 1.165) is 5.56 Å². The van der Waals surface area contributed by atoms with Gasteiger partial charge in [-0.2, -0.15) is 0 Å². The van der Waals surface area contributed by atoms with Crippen LogP contribution in [0.25, 0.3) is 0 Å². The Morgan fingerprint density at radius 2 is 1.58 bits per heavy atom. The molecule has 1 amide bonds. The number of rotatable bonds is 12. The second-order valence-electron chi connectivity index (χ2n) is 7.86. The number of carbonyl (C=O) groups excluding carboxylic acids is 1. The molecule has 0 aliphatic carbocycles. The van der Waals surface area contributed by atoms with Crippen molar-refractivity contribution >= 4 is 27.5 Å². The zero-order valence-electron chi connectivity index (χ0n) is 19.7. The molecular formula is C25H29N3O7S. The monoisotopic (exact) mass is 515 g/mol. The lowest BCUT2D eigenvalue weighted by Gasteiger charge is -2.13. The molecule has 3 aromatic carbocycles. The van der Waals surface area contributed by atoms with Gasteiger partial charge < -0.3 is 25.0 Å². The molecule has 0 heterocycles. The lowest BCUT2D eigenvalue weighted by molar-refractivity contribution is 0.106. The maximum atomic E-state index is 12.6. The molecule has 0 spiro atoms. The molecule has 3 aromatic rings. The average molecular weight is 516 g/mol. The SMILES string of the molecule is COC(=O)Nc1ccc(S(=O)(=O)Nc2ccc(CCNC[C@H](O)COc3ccc(O)cc3)cc2)cc1. The van der Waals surface area contributed by atoms with E-state index in [1.165, 1.54) is 43.5 Å². The minimum atomic E-state index is -3.79. The van der Waals surface area contributed by atoms with Crippen molar-refractivity contribution < 1.29 is 32.9 Å². The number of nitrogens with one attached hydrogen (secondary N) is 3. The molecule has 0 unspecified atom stereocenters. The summed E-state index contributed by atoms with van der Waals surface area (Å²) >= 11 is 0. The van der Waals surface area contributed by atoms with Gasteiger partial charge in [0.25, 0.3) is 10.0 Å². The van der Waals surface area contributed by atoms with Crippen molar-refractivity contribution in [3.05, 3.63) is 78.4 Å². The van der Waals surface area contributed by atoms with Gasteiger partial charge in [0.15, 0.2) is 0 Å². The van der Waals surface area contributed by atoms with E-state index in [1.54, 1.807) is 24.3 Å². The van der Waals surface area contributed by atoms with E-state index in [0.29, 0.717) is 36.6 Å².